The van der Waals surface area contributed by atoms with Gasteiger partial charge in [-0.1, -0.05) is 13.8 Å². The van der Waals surface area contributed by atoms with Crippen LogP contribution in [0.3, 0.4) is 0 Å². The number of pyridine rings is 1. The zero-order valence-corrected chi connectivity index (χ0v) is 51.8. The van der Waals surface area contributed by atoms with E-state index in [1.807, 2.05) is 10.6 Å². The minimum Gasteiger partial charge on any atom is -0.619 e. The topological polar surface area (TPSA) is 711 Å². The van der Waals surface area contributed by atoms with Crippen molar-refractivity contribution in [2.75, 3.05) is 13.1 Å². The van der Waals surface area contributed by atoms with Crippen LogP contribution in [0, 0.1) is 11.1 Å². The minimum absolute atomic E-state index is 0.0298. The molecule has 0 fully saturated rings. The number of aliphatic carboxylic acids is 6. The van der Waals surface area contributed by atoms with Gasteiger partial charge in [-0.25, -0.2) is 4.79 Å². The Balaban J connectivity index is 3.69. The number of hydrogen-bond acceptors (Lipinski definition) is 20. The zero-order valence-electron chi connectivity index (χ0n) is 51.8. The van der Waals surface area contributed by atoms with E-state index in [9.17, 15) is 107 Å². The molecule has 1 heterocycles. The lowest BCUT2D eigenvalue weighted by Gasteiger charge is -2.28. The van der Waals surface area contributed by atoms with Crippen molar-refractivity contribution in [3.05, 3.63) is 35.3 Å². The summed E-state index contributed by atoms with van der Waals surface area (Å²) in [7, 11) is 0. The number of guanidine groups is 2. The van der Waals surface area contributed by atoms with Crippen molar-refractivity contribution in [3.63, 3.8) is 0 Å². The number of nitrogens with one attached hydrogen (secondary N) is 9. The number of aromatic nitrogens is 1. The fourth-order valence-corrected chi connectivity index (χ4v) is 8.53. The highest BCUT2D eigenvalue weighted by Gasteiger charge is 2.37. The average molecular weight is 1350 g/mol. The molecule has 41 nitrogen and oxygen atoms in total. The molecule has 0 aliphatic heterocycles. The van der Waals surface area contributed by atoms with Crippen molar-refractivity contribution in [1.29, 1.82) is 0 Å². The van der Waals surface area contributed by atoms with E-state index in [1.54, 1.807) is 13.8 Å². The molecule has 0 radical (unpaired) electrons. The van der Waals surface area contributed by atoms with Crippen molar-refractivity contribution < 1.29 is 112 Å². The van der Waals surface area contributed by atoms with Crippen LogP contribution >= 0.6 is 0 Å². The minimum atomic E-state index is -2.28. The van der Waals surface area contributed by atoms with E-state index in [0.717, 1.165) is 12.4 Å². The molecule has 528 valence electrons. The average Bonchev–Trinajstić information content (AvgIpc) is 0.965. The van der Waals surface area contributed by atoms with Gasteiger partial charge in [-0.15, -0.1) is 0 Å². The van der Waals surface area contributed by atoms with Crippen LogP contribution in [0.2, 0.25) is 0 Å². The van der Waals surface area contributed by atoms with Gasteiger partial charge in [-0.2, -0.15) is 4.73 Å². The number of hydrogen-bond donors (Lipinski definition) is 21. The summed E-state index contributed by atoms with van der Waals surface area (Å²) in [5.41, 5.74) is 33.0. The Morgan fingerprint density at radius 3 is 1.12 bits per heavy atom. The van der Waals surface area contributed by atoms with Gasteiger partial charge in [0.2, 0.25) is 59.1 Å². The molecule has 0 aliphatic carbocycles. The van der Waals surface area contributed by atoms with E-state index in [-0.39, 0.29) is 62.7 Å². The second kappa shape index (κ2) is 42.2. The summed E-state index contributed by atoms with van der Waals surface area (Å²) in [6, 6.07) is -16.0. The Hall–Kier alpha value is -11.0. The standard InChI is InChI=1S/C54H84N18O23/c1-25(2)21-33(68-47(88)31(9-13-39(76)77)65-45(86)30(8-12-38(74)75)64-44(85)28(6-4-18-62-54(59)60)63-43(84)27(55)5-3-17-61-53(57)58)48(89)66-29(7-11-37(56)73)46(87)70-35(23-41(80)81)51(92)71-36(24-42(82)83)50(91)69-34(22-26-15-19-72(95)20-16-26)49(90)67-32(52(93)94)10-14-40(78)79/h15-16,19-20,25,27-36H,3-14,17-18,21-24,55H2,1-2H3,(H2,56,73)(H,63,84)(H,64,85)(H,65,86)(H,66,89)(H,67,90)(H,68,88)(H,69,91)(H,70,87)(H,71,92)(H,74,75)(H,76,77)(H,78,79)(H,80,81)(H,82,83)(H,93,94)(H4,57,58,61)(H4,59,60,62)/t27-,28-,29-,30-,31-,32-,33-,34?,35-,36-/m0/s1. The van der Waals surface area contributed by atoms with Crippen molar-refractivity contribution in [2.24, 2.45) is 50.3 Å². The lowest BCUT2D eigenvalue weighted by molar-refractivity contribution is -0.605. The molecule has 27 N–H and O–H groups in total. The molecule has 1 rings (SSSR count). The summed E-state index contributed by atoms with van der Waals surface area (Å²) in [5, 5.41) is 89.1. The Labute approximate surface area is 541 Å². The molecule has 10 amide bonds. The Morgan fingerprint density at radius 2 is 0.737 bits per heavy atom. The lowest BCUT2D eigenvalue weighted by atomic mass is 10.0. The monoisotopic (exact) mass is 1350 g/mol. The maximum absolute atomic E-state index is 14.3. The number of carbonyl (C=O) groups is 16. The number of carbonyl (C=O) groups excluding carboxylic acids is 10. The predicted octanol–water partition coefficient (Wildman–Crippen LogP) is -8.40. The number of carboxylic acid groups (broad SMARTS) is 6. The van der Waals surface area contributed by atoms with Crippen molar-refractivity contribution in [2.45, 2.75) is 177 Å². The van der Waals surface area contributed by atoms with Crippen LogP contribution in [0.1, 0.15) is 116 Å². The second-order valence-electron chi connectivity index (χ2n) is 21.8. The first-order chi connectivity index (χ1) is 44.4. The number of rotatable bonds is 47. The van der Waals surface area contributed by atoms with E-state index >= 15 is 0 Å². The van der Waals surface area contributed by atoms with E-state index in [4.69, 9.17) is 39.5 Å². The molecule has 0 saturated heterocycles. The van der Waals surface area contributed by atoms with Gasteiger partial charge < -0.3 is 118 Å². The molecule has 0 aromatic carbocycles. The summed E-state index contributed by atoms with van der Waals surface area (Å²) in [5.74, 6) is -23.3. The van der Waals surface area contributed by atoms with Gasteiger partial charge in [-0.05, 0) is 69.3 Å². The number of nitrogens with zero attached hydrogens (tertiary/aromatic N) is 3. The number of primary amides is 1. The van der Waals surface area contributed by atoms with Gasteiger partial charge >= 0.3 is 35.8 Å². The van der Waals surface area contributed by atoms with E-state index in [2.05, 4.69) is 47.2 Å². The number of nitrogens with two attached hydrogens (primary N) is 6. The van der Waals surface area contributed by atoms with Crippen LogP contribution in [0.4, 0.5) is 0 Å². The molecule has 95 heavy (non-hydrogen) atoms. The van der Waals surface area contributed by atoms with Crippen LogP contribution in [-0.4, -0.2) is 211 Å². The molecule has 1 unspecified atom stereocenters. The van der Waals surface area contributed by atoms with E-state index in [0.29, 0.717) is 4.73 Å². The lowest BCUT2D eigenvalue weighted by Crippen LogP contribution is -2.61. The molecule has 0 spiro atoms. The quantitative estimate of drug-likeness (QED) is 0.00947. The van der Waals surface area contributed by atoms with E-state index in [1.165, 1.54) is 12.1 Å². The Morgan fingerprint density at radius 1 is 0.421 bits per heavy atom. The fourth-order valence-electron chi connectivity index (χ4n) is 8.53. The predicted molar refractivity (Wildman–Crippen MR) is 325 cm³/mol. The highest BCUT2D eigenvalue weighted by molar-refractivity contribution is 6.00. The summed E-state index contributed by atoms with van der Waals surface area (Å²) in [4.78, 5) is 216. The van der Waals surface area contributed by atoms with Crippen LogP contribution in [0.25, 0.3) is 0 Å². The zero-order chi connectivity index (χ0) is 72.2. The van der Waals surface area contributed by atoms with Crippen LogP contribution in [0.15, 0.2) is 34.5 Å². The molecule has 10 atom stereocenters. The summed E-state index contributed by atoms with van der Waals surface area (Å²) >= 11 is 0. The number of aliphatic imine (C=N–C) groups is 2. The normalized spacial score (nSPS) is 14.0. The third-order valence-electron chi connectivity index (χ3n) is 13.3. The number of amides is 10. The van der Waals surface area contributed by atoms with Gasteiger partial charge in [0.1, 0.15) is 54.4 Å². The third-order valence-corrected chi connectivity index (χ3v) is 13.3. The first-order valence-corrected chi connectivity index (χ1v) is 29.3. The molecule has 0 bridgehead atoms. The maximum Gasteiger partial charge on any atom is 0.326 e. The summed E-state index contributed by atoms with van der Waals surface area (Å²) < 4.78 is 0.341. The first kappa shape index (κ1) is 82.0. The SMILES string of the molecule is CC(C)C[C@H](NC(=O)[C@H](CCC(=O)O)NC(=O)[C@H](CCC(=O)O)NC(=O)[C@H](CCCN=C(N)N)NC(=O)[C@@H](N)CCCN=C(N)N)C(=O)N[C@@H](CCC(N)=O)C(=O)N[C@@H](CC(=O)O)C(=O)N[C@@H](CC(=O)O)C(=O)NC(Cc1cc[n+]([O-])cc1)C(=O)N[C@@H](CCC(=O)O)C(=O)O. The number of carboxylic acids is 6. The highest BCUT2D eigenvalue weighted by Crippen LogP contribution is 2.13. The van der Waals surface area contributed by atoms with Crippen molar-refractivity contribution in [1.82, 2.24) is 47.9 Å². The van der Waals surface area contributed by atoms with Gasteiger partial charge in [-0.3, -0.25) is 81.9 Å². The second-order valence-corrected chi connectivity index (χ2v) is 21.8. The Kier molecular flexibility index (Phi) is 36.4. The van der Waals surface area contributed by atoms with Gasteiger partial charge in [0, 0.05) is 57.3 Å². The summed E-state index contributed by atoms with van der Waals surface area (Å²) in [6.45, 7) is 3.15. The van der Waals surface area contributed by atoms with Gasteiger partial charge in [0.15, 0.2) is 24.3 Å². The van der Waals surface area contributed by atoms with Crippen molar-refractivity contribution >= 4 is 107 Å². The largest absolute Gasteiger partial charge is 0.619 e. The summed E-state index contributed by atoms with van der Waals surface area (Å²) in [6.07, 6.45) is -7.29. The van der Waals surface area contributed by atoms with Crippen LogP contribution in [0.5, 0.6) is 0 Å². The van der Waals surface area contributed by atoms with Crippen molar-refractivity contribution in [3.8, 4) is 0 Å². The third kappa shape index (κ3) is 34.8. The molecule has 41 heteroatoms. The molecule has 0 saturated carbocycles. The molecular weight excluding hydrogens is 1270 g/mol. The molecule has 1 aromatic heterocycles. The van der Waals surface area contributed by atoms with Gasteiger partial charge in [0.25, 0.3) is 0 Å². The van der Waals surface area contributed by atoms with Crippen LogP contribution < -0.4 is 87.0 Å². The Bertz CT molecular complexity index is 2960. The first-order valence-electron chi connectivity index (χ1n) is 29.3. The fraction of sp³-hybridized carbons (Fsp3) is 0.574. The molecule has 1 aromatic rings. The maximum atomic E-state index is 14.3. The van der Waals surface area contributed by atoms with Crippen LogP contribution in [-0.2, 0) is 83.1 Å². The molecule has 0 aliphatic rings. The van der Waals surface area contributed by atoms with E-state index < -0.39 is 232 Å². The molecular formula is C54H84N18O23. The smallest absolute Gasteiger partial charge is 0.326 e. The van der Waals surface area contributed by atoms with Gasteiger partial charge in [0.05, 0.1) is 18.9 Å². The highest BCUT2D eigenvalue weighted by atomic mass is 16.5.